The predicted octanol–water partition coefficient (Wildman–Crippen LogP) is 3.68. The minimum Gasteiger partial charge on any atom is -0.508 e. The molecule has 0 radical (unpaired) electrons. The molecule has 1 unspecified atom stereocenters. The van der Waals surface area contributed by atoms with Crippen molar-refractivity contribution in [2.75, 3.05) is 0 Å². The number of hydrogen-bond acceptors (Lipinski definition) is 4. The summed E-state index contributed by atoms with van der Waals surface area (Å²) in [6, 6.07) is 12.2. The standard InChI is InChI=1S/C19H18O4/c20-12-3-1-11(2-4-12)19-17-10-13(21)5-7-15(17)16-9-14(22)6-8-18(16)23-19/h1-4,6,8-9,15,17,19-20,22H,5,7,10H2/t15-,17-,19?/m1/s1. The number of aromatic hydroxyl groups is 2. The molecule has 2 N–H and O–H groups in total. The zero-order valence-electron chi connectivity index (χ0n) is 12.6. The lowest BCUT2D eigenvalue weighted by Crippen LogP contribution is -2.34. The summed E-state index contributed by atoms with van der Waals surface area (Å²) in [4.78, 5) is 12.0. The van der Waals surface area contributed by atoms with Gasteiger partial charge in [0.25, 0.3) is 0 Å². The molecule has 0 bridgehead atoms. The largest absolute Gasteiger partial charge is 0.508 e. The third kappa shape index (κ3) is 2.44. The molecule has 118 valence electrons. The van der Waals surface area contributed by atoms with Crippen LogP contribution in [-0.4, -0.2) is 16.0 Å². The quantitative estimate of drug-likeness (QED) is 0.843. The first-order chi connectivity index (χ1) is 11.1. The summed E-state index contributed by atoms with van der Waals surface area (Å²) in [5, 5.41) is 19.3. The Morgan fingerprint density at radius 2 is 1.74 bits per heavy atom. The van der Waals surface area contributed by atoms with Crippen LogP contribution in [0.5, 0.6) is 17.2 Å². The van der Waals surface area contributed by atoms with E-state index in [1.807, 2.05) is 12.1 Å². The van der Waals surface area contributed by atoms with E-state index in [1.54, 1.807) is 30.3 Å². The Labute approximate surface area is 134 Å². The molecule has 2 aliphatic rings. The molecule has 0 saturated heterocycles. The molecule has 1 aliphatic carbocycles. The number of phenolic OH excluding ortho intramolecular Hbond substituents is 2. The van der Waals surface area contributed by atoms with Crippen molar-refractivity contribution in [1.29, 1.82) is 0 Å². The van der Waals surface area contributed by atoms with Crippen LogP contribution in [0.25, 0.3) is 0 Å². The number of benzene rings is 2. The molecule has 2 aromatic carbocycles. The van der Waals surface area contributed by atoms with Gasteiger partial charge in [-0.25, -0.2) is 0 Å². The maximum Gasteiger partial charge on any atom is 0.133 e. The van der Waals surface area contributed by atoms with Crippen molar-refractivity contribution in [3.05, 3.63) is 53.6 Å². The summed E-state index contributed by atoms with van der Waals surface area (Å²) in [6.45, 7) is 0. The van der Waals surface area contributed by atoms with E-state index >= 15 is 0 Å². The third-order valence-electron chi connectivity index (χ3n) is 4.97. The lowest BCUT2D eigenvalue weighted by Gasteiger charge is -2.42. The fourth-order valence-corrected chi connectivity index (χ4v) is 3.88. The molecule has 1 saturated carbocycles. The molecule has 4 nitrogen and oxygen atoms in total. The highest BCUT2D eigenvalue weighted by Crippen LogP contribution is 2.52. The Morgan fingerprint density at radius 3 is 2.52 bits per heavy atom. The van der Waals surface area contributed by atoms with Crippen LogP contribution >= 0.6 is 0 Å². The zero-order valence-corrected chi connectivity index (χ0v) is 12.6. The van der Waals surface area contributed by atoms with Gasteiger partial charge in [0.2, 0.25) is 0 Å². The molecule has 1 heterocycles. The van der Waals surface area contributed by atoms with Crippen LogP contribution in [0.4, 0.5) is 0 Å². The van der Waals surface area contributed by atoms with E-state index in [2.05, 4.69) is 0 Å². The van der Waals surface area contributed by atoms with Crippen molar-refractivity contribution in [3.63, 3.8) is 0 Å². The highest BCUT2D eigenvalue weighted by Gasteiger charge is 2.42. The van der Waals surface area contributed by atoms with Gasteiger partial charge in [0.05, 0.1) is 0 Å². The van der Waals surface area contributed by atoms with Gasteiger partial charge in [0.1, 0.15) is 29.1 Å². The third-order valence-corrected chi connectivity index (χ3v) is 4.97. The molecule has 0 aromatic heterocycles. The molecule has 23 heavy (non-hydrogen) atoms. The van der Waals surface area contributed by atoms with Crippen LogP contribution in [0, 0.1) is 5.92 Å². The number of ketones is 1. The molecule has 3 atom stereocenters. The minimum absolute atomic E-state index is 0.0649. The maximum atomic E-state index is 12.0. The first kappa shape index (κ1) is 14.1. The van der Waals surface area contributed by atoms with Gasteiger partial charge in [-0.1, -0.05) is 12.1 Å². The second kappa shape index (κ2) is 5.30. The number of fused-ring (bicyclic) bond motifs is 3. The van der Waals surface area contributed by atoms with Gasteiger partial charge >= 0.3 is 0 Å². The molecule has 0 amide bonds. The molecule has 4 heteroatoms. The van der Waals surface area contributed by atoms with Gasteiger partial charge in [-0.2, -0.15) is 0 Å². The van der Waals surface area contributed by atoms with Crippen molar-refractivity contribution < 1.29 is 19.7 Å². The van der Waals surface area contributed by atoms with Gasteiger partial charge in [0, 0.05) is 24.3 Å². The van der Waals surface area contributed by atoms with Crippen LogP contribution in [0.15, 0.2) is 42.5 Å². The maximum absolute atomic E-state index is 12.0. The number of hydrogen-bond donors (Lipinski definition) is 2. The fraction of sp³-hybridized carbons (Fsp3) is 0.316. The van der Waals surface area contributed by atoms with Gasteiger partial charge < -0.3 is 14.9 Å². The van der Waals surface area contributed by atoms with Crippen molar-refractivity contribution >= 4 is 5.78 Å². The average molecular weight is 310 g/mol. The lowest BCUT2D eigenvalue weighted by atomic mass is 9.69. The van der Waals surface area contributed by atoms with Crippen molar-refractivity contribution in [2.45, 2.75) is 31.3 Å². The van der Waals surface area contributed by atoms with Gasteiger partial charge in [-0.05, 0) is 48.2 Å². The van der Waals surface area contributed by atoms with Crippen molar-refractivity contribution in [1.82, 2.24) is 0 Å². The van der Waals surface area contributed by atoms with E-state index in [0.29, 0.717) is 12.8 Å². The Morgan fingerprint density at radius 1 is 1.00 bits per heavy atom. The molecule has 4 rings (SSSR count). The van der Waals surface area contributed by atoms with Crippen LogP contribution in [-0.2, 0) is 4.79 Å². The number of ether oxygens (including phenoxy) is 1. The molecule has 1 fully saturated rings. The normalized spacial score (nSPS) is 26.1. The van der Waals surface area contributed by atoms with Gasteiger partial charge in [0.15, 0.2) is 0 Å². The van der Waals surface area contributed by atoms with Gasteiger partial charge in [-0.15, -0.1) is 0 Å². The SMILES string of the molecule is O=C1CC[C@@H]2c3cc(O)ccc3OC(c3ccc(O)cc3)[C@@H]2C1. The molecular formula is C19H18O4. The topological polar surface area (TPSA) is 66.8 Å². The Hall–Kier alpha value is -2.49. The summed E-state index contributed by atoms with van der Waals surface area (Å²) >= 11 is 0. The highest BCUT2D eigenvalue weighted by atomic mass is 16.5. The predicted molar refractivity (Wildman–Crippen MR) is 84.7 cm³/mol. The zero-order chi connectivity index (χ0) is 16.0. The smallest absolute Gasteiger partial charge is 0.133 e. The summed E-state index contributed by atoms with van der Waals surface area (Å²) < 4.78 is 6.19. The first-order valence-corrected chi connectivity index (χ1v) is 7.92. The first-order valence-electron chi connectivity index (χ1n) is 7.92. The molecule has 0 spiro atoms. The summed E-state index contributed by atoms with van der Waals surface area (Å²) in [6.07, 6.45) is 1.66. The van der Waals surface area contributed by atoms with E-state index in [-0.39, 0.29) is 35.2 Å². The number of phenols is 2. The lowest BCUT2D eigenvalue weighted by molar-refractivity contribution is -0.123. The molecule has 2 aromatic rings. The van der Waals surface area contributed by atoms with E-state index in [0.717, 1.165) is 23.3 Å². The van der Waals surface area contributed by atoms with E-state index in [9.17, 15) is 15.0 Å². The van der Waals surface area contributed by atoms with Gasteiger partial charge in [-0.3, -0.25) is 4.79 Å². The average Bonchev–Trinajstić information content (AvgIpc) is 2.55. The monoisotopic (exact) mass is 310 g/mol. The van der Waals surface area contributed by atoms with Crippen LogP contribution in [0.1, 0.15) is 42.4 Å². The second-order valence-electron chi connectivity index (χ2n) is 6.40. The van der Waals surface area contributed by atoms with E-state index in [1.165, 1.54) is 0 Å². The molecular weight excluding hydrogens is 292 g/mol. The molecule has 1 aliphatic heterocycles. The van der Waals surface area contributed by atoms with Crippen LogP contribution in [0.3, 0.4) is 0 Å². The highest BCUT2D eigenvalue weighted by molar-refractivity contribution is 5.80. The number of rotatable bonds is 1. The summed E-state index contributed by atoms with van der Waals surface area (Å²) in [5.74, 6) is 1.76. The Balaban J connectivity index is 1.79. The number of Topliss-reactive ketones (excluding diaryl/α,β-unsaturated/α-hetero) is 1. The Bertz CT molecular complexity index is 750. The van der Waals surface area contributed by atoms with Crippen molar-refractivity contribution in [2.24, 2.45) is 5.92 Å². The second-order valence-corrected chi connectivity index (χ2v) is 6.40. The number of carbonyl (C=O) groups is 1. The number of carbonyl (C=O) groups excluding carboxylic acids is 1. The van der Waals surface area contributed by atoms with E-state index in [4.69, 9.17) is 4.74 Å². The minimum atomic E-state index is -0.207. The van der Waals surface area contributed by atoms with Crippen LogP contribution < -0.4 is 4.74 Å². The van der Waals surface area contributed by atoms with E-state index < -0.39 is 0 Å². The summed E-state index contributed by atoms with van der Waals surface area (Å²) in [7, 11) is 0. The Kier molecular flexibility index (Phi) is 3.26. The van der Waals surface area contributed by atoms with Crippen molar-refractivity contribution in [3.8, 4) is 17.2 Å². The summed E-state index contributed by atoms with van der Waals surface area (Å²) in [5.41, 5.74) is 1.96. The fourth-order valence-electron chi connectivity index (χ4n) is 3.88. The van der Waals surface area contributed by atoms with Crippen LogP contribution in [0.2, 0.25) is 0 Å².